The van der Waals surface area contributed by atoms with Crippen LogP contribution in [0.5, 0.6) is 5.75 Å². The fourth-order valence-corrected chi connectivity index (χ4v) is 12.0. The molecule has 3 N–H and O–H groups in total. The molecule has 0 amide bonds. The smallest absolute Gasteiger partial charge is 0.338 e. The second kappa shape index (κ2) is 10.3. The minimum Gasteiger partial charge on any atom is -0.497 e. The molecule has 1 aromatic carbocycles. The Morgan fingerprint density at radius 1 is 0.955 bits per heavy atom. The molecule has 11 nitrogen and oxygen atoms in total. The van der Waals surface area contributed by atoms with Gasteiger partial charge in [0.25, 0.3) is 0 Å². The van der Waals surface area contributed by atoms with Crippen molar-refractivity contribution in [1.82, 2.24) is 4.90 Å². The number of carbonyl (C=O) groups is 1. The maximum absolute atomic E-state index is 13.7. The Labute approximate surface area is 258 Å². The summed E-state index contributed by atoms with van der Waals surface area (Å²) in [6, 6.07) is 6.50. The van der Waals surface area contributed by atoms with Crippen molar-refractivity contribution in [3.63, 3.8) is 0 Å². The number of aliphatic hydroxyl groups is 3. The molecule has 244 valence electrons. The SMILES string of the molecule is CCN1C[C@]2(COC)[C@H](O)C[C@H](OC)[C@@]34[C@@H]5C[C@]6(O)[C@@H](OC)C[C@](O)(C(C(OC)[C@H]23)[C@@H]14)[C@H]5[C@H]6OC(=O)c1ccc(OC)cc1. The lowest BCUT2D eigenvalue weighted by atomic mass is 9.42. The average molecular weight is 618 g/mol. The Morgan fingerprint density at radius 2 is 1.66 bits per heavy atom. The molecule has 2 unspecified atom stereocenters. The number of ether oxygens (including phenoxy) is 6. The van der Waals surface area contributed by atoms with Gasteiger partial charge in [-0.3, -0.25) is 4.90 Å². The van der Waals surface area contributed by atoms with Gasteiger partial charge in [-0.1, -0.05) is 6.92 Å². The van der Waals surface area contributed by atoms with Gasteiger partial charge < -0.3 is 43.7 Å². The standard InChI is InChI=1S/C33H47NO10/c1-7-34-15-30(16-39-2)20(35)12-21(41-4)33-19-13-31(37)22(42-5)14-32(38,24(27(33)34)25(43-6)26(30)33)23(19)28(31)44-29(36)17-8-10-18(40-3)11-9-17/h8-11,19-28,35,37-38H,7,12-16H2,1-6H3/t19-,20-,21+,22+,23-,24?,25?,26-,27-,28-,30+,31+,32-,33+/m1/s1. The van der Waals surface area contributed by atoms with E-state index in [9.17, 15) is 20.1 Å². The number of methoxy groups -OCH3 is 5. The first-order valence-corrected chi connectivity index (χ1v) is 15.9. The van der Waals surface area contributed by atoms with Crippen molar-refractivity contribution in [3.05, 3.63) is 29.8 Å². The third-order valence-corrected chi connectivity index (χ3v) is 13.1. The lowest BCUT2D eigenvalue weighted by Gasteiger charge is -2.70. The Hall–Kier alpha value is -1.83. The molecule has 7 rings (SSSR count). The number of carbonyl (C=O) groups excluding carboxylic acids is 1. The minimum atomic E-state index is -1.54. The summed E-state index contributed by atoms with van der Waals surface area (Å²) in [5.74, 6) is -1.54. The van der Waals surface area contributed by atoms with Crippen molar-refractivity contribution in [2.45, 2.75) is 73.9 Å². The molecule has 1 saturated heterocycles. The third kappa shape index (κ3) is 3.48. The van der Waals surface area contributed by atoms with E-state index in [1.54, 1.807) is 52.7 Å². The normalized spacial score (nSPS) is 50.0. The molecule has 1 aromatic rings. The van der Waals surface area contributed by atoms with Crippen LogP contribution in [0.1, 0.15) is 36.5 Å². The number of fused-ring (bicyclic) bond motifs is 2. The second-order valence-electron chi connectivity index (χ2n) is 14.2. The quantitative estimate of drug-likeness (QED) is 0.344. The van der Waals surface area contributed by atoms with Crippen LogP contribution in [0.4, 0.5) is 0 Å². The Kier molecular flexibility index (Phi) is 7.24. The molecular formula is C33H47NO10. The number of rotatable bonds is 9. The Balaban J connectivity index is 1.42. The fourth-order valence-electron chi connectivity index (χ4n) is 12.0. The van der Waals surface area contributed by atoms with Crippen molar-refractivity contribution >= 4 is 5.97 Å². The number of hydrogen-bond acceptors (Lipinski definition) is 11. The summed E-state index contributed by atoms with van der Waals surface area (Å²) in [5.41, 5.74) is -3.92. The van der Waals surface area contributed by atoms with E-state index in [4.69, 9.17) is 28.4 Å². The highest BCUT2D eigenvalue weighted by atomic mass is 16.6. The van der Waals surface area contributed by atoms with Crippen LogP contribution in [0.25, 0.3) is 0 Å². The van der Waals surface area contributed by atoms with Crippen LogP contribution in [0.3, 0.4) is 0 Å². The third-order valence-electron chi connectivity index (χ3n) is 13.1. The highest BCUT2D eigenvalue weighted by Crippen LogP contribution is 2.80. The summed E-state index contributed by atoms with van der Waals surface area (Å²) in [7, 11) is 8.13. The van der Waals surface area contributed by atoms with E-state index in [-0.39, 0.29) is 36.8 Å². The number of likely N-dealkylation sites (tertiary alicyclic amines) is 1. The van der Waals surface area contributed by atoms with Crippen LogP contribution in [-0.2, 0) is 23.7 Å². The maximum Gasteiger partial charge on any atom is 0.338 e. The first-order chi connectivity index (χ1) is 21.1. The predicted octanol–water partition coefficient (Wildman–Crippen LogP) is 1.12. The zero-order valence-corrected chi connectivity index (χ0v) is 26.5. The molecule has 5 saturated carbocycles. The van der Waals surface area contributed by atoms with Gasteiger partial charge >= 0.3 is 5.97 Å². The lowest BCUT2D eigenvalue weighted by Crippen LogP contribution is -2.79. The summed E-state index contributed by atoms with van der Waals surface area (Å²) in [6.45, 7) is 3.73. The number of benzene rings is 1. The van der Waals surface area contributed by atoms with Gasteiger partial charge in [0.05, 0.1) is 49.3 Å². The summed E-state index contributed by atoms with van der Waals surface area (Å²) in [6.07, 6.45) is -2.51. The van der Waals surface area contributed by atoms with Crippen molar-refractivity contribution in [2.24, 2.45) is 34.5 Å². The number of hydrogen-bond donors (Lipinski definition) is 3. The molecule has 1 aliphatic heterocycles. The van der Waals surface area contributed by atoms with Gasteiger partial charge in [0, 0.05) is 82.5 Å². The van der Waals surface area contributed by atoms with E-state index in [2.05, 4.69) is 11.8 Å². The number of esters is 1. The van der Waals surface area contributed by atoms with Crippen molar-refractivity contribution in [3.8, 4) is 5.75 Å². The number of piperidine rings is 1. The molecule has 44 heavy (non-hydrogen) atoms. The van der Waals surface area contributed by atoms with Crippen molar-refractivity contribution in [2.75, 3.05) is 55.2 Å². The molecule has 7 bridgehead atoms. The van der Waals surface area contributed by atoms with E-state index in [0.717, 1.165) is 0 Å². The molecule has 14 atom stereocenters. The maximum atomic E-state index is 13.7. The predicted molar refractivity (Wildman–Crippen MR) is 156 cm³/mol. The van der Waals surface area contributed by atoms with E-state index in [1.165, 1.54) is 7.11 Å². The molecule has 1 spiro atoms. The zero-order chi connectivity index (χ0) is 31.4. The summed E-state index contributed by atoms with van der Waals surface area (Å²) in [4.78, 5) is 16.1. The molecule has 1 heterocycles. The van der Waals surface area contributed by atoms with E-state index in [0.29, 0.717) is 37.4 Å². The van der Waals surface area contributed by atoms with Gasteiger partial charge in [0.1, 0.15) is 17.5 Å². The molecule has 5 aliphatic carbocycles. The molecular weight excluding hydrogens is 570 g/mol. The van der Waals surface area contributed by atoms with Crippen LogP contribution in [0.15, 0.2) is 24.3 Å². The minimum absolute atomic E-state index is 0.146. The van der Waals surface area contributed by atoms with Gasteiger partial charge in [-0.15, -0.1) is 0 Å². The Morgan fingerprint density at radius 3 is 2.25 bits per heavy atom. The van der Waals surface area contributed by atoms with Crippen molar-refractivity contribution < 1.29 is 48.5 Å². The summed E-state index contributed by atoms with van der Waals surface area (Å²) in [5, 5.41) is 37.7. The van der Waals surface area contributed by atoms with Gasteiger partial charge in [-0.2, -0.15) is 0 Å². The van der Waals surface area contributed by atoms with E-state index in [1.807, 2.05) is 0 Å². The van der Waals surface area contributed by atoms with Crippen LogP contribution < -0.4 is 4.74 Å². The van der Waals surface area contributed by atoms with Crippen LogP contribution >= 0.6 is 0 Å². The summed E-state index contributed by atoms with van der Waals surface area (Å²) < 4.78 is 36.2. The van der Waals surface area contributed by atoms with Crippen LogP contribution in [-0.4, -0.2) is 129 Å². The fraction of sp³-hybridized carbons (Fsp3) is 0.788. The van der Waals surface area contributed by atoms with Crippen LogP contribution in [0.2, 0.25) is 0 Å². The second-order valence-corrected chi connectivity index (χ2v) is 14.2. The first kappa shape index (κ1) is 30.8. The monoisotopic (exact) mass is 617 g/mol. The van der Waals surface area contributed by atoms with Gasteiger partial charge in [0.2, 0.25) is 0 Å². The van der Waals surface area contributed by atoms with Gasteiger partial charge in [-0.25, -0.2) is 4.79 Å². The van der Waals surface area contributed by atoms with Crippen LogP contribution in [0, 0.1) is 34.5 Å². The Bertz CT molecular complexity index is 1280. The summed E-state index contributed by atoms with van der Waals surface area (Å²) >= 11 is 0. The number of aliphatic hydroxyl groups excluding tert-OH is 1. The molecule has 6 aliphatic rings. The molecule has 6 fully saturated rings. The molecule has 0 aromatic heterocycles. The van der Waals surface area contributed by atoms with Gasteiger partial charge in [-0.05, 0) is 43.1 Å². The number of nitrogens with zero attached hydrogens (tertiary/aromatic N) is 1. The largest absolute Gasteiger partial charge is 0.497 e. The van der Waals surface area contributed by atoms with E-state index >= 15 is 0 Å². The molecule has 11 heteroatoms. The van der Waals surface area contributed by atoms with Crippen molar-refractivity contribution in [1.29, 1.82) is 0 Å². The highest BCUT2D eigenvalue weighted by Gasteiger charge is 2.89. The molecule has 0 radical (unpaired) electrons. The zero-order valence-electron chi connectivity index (χ0n) is 26.5. The van der Waals surface area contributed by atoms with E-state index < -0.39 is 64.3 Å². The first-order valence-electron chi connectivity index (χ1n) is 15.9. The highest BCUT2D eigenvalue weighted by molar-refractivity contribution is 5.89. The van der Waals surface area contributed by atoms with Gasteiger partial charge in [0.15, 0.2) is 0 Å². The average Bonchev–Trinajstić information content (AvgIpc) is 3.41. The topological polar surface area (TPSA) is 136 Å². The lowest BCUT2D eigenvalue weighted by molar-refractivity contribution is -0.298.